The van der Waals surface area contributed by atoms with Crippen LogP contribution in [-0.2, 0) is 12.8 Å². The molecule has 0 saturated heterocycles. The van der Waals surface area contributed by atoms with Crippen LogP contribution in [0.1, 0.15) is 33.5 Å². The number of carbonyl (C=O) groups excluding carboxylic acids is 1. The minimum atomic E-state index is -0.370. The van der Waals surface area contributed by atoms with Gasteiger partial charge >= 0.3 is 0 Å². The topological polar surface area (TPSA) is 17.1 Å². The molecule has 0 fully saturated rings. The highest BCUT2D eigenvalue weighted by Gasteiger charge is 2.27. The van der Waals surface area contributed by atoms with Crippen LogP contribution in [0.15, 0.2) is 36.4 Å². The fourth-order valence-electron chi connectivity index (χ4n) is 2.99. The first kappa shape index (κ1) is 14.3. The zero-order chi connectivity index (χ0) is 15.0. The van der Waals surface area contributed by atoms with Crippen LogP contribution < -0.4 is 0 Å². The lowest BCUT2D eigenvalue weighted by Crippen LogP contribution is -2.23. The molecule has 0 aromatic heterocycles. The molecule has 1 aliphatic rings. The predicted octanol–water partition coefficient (Wildman–Crippen LogP) is 4.78. The summed E-state index contributed by atoms with van der Waals surface area (Å²) in [4.78, 5) is 12.7. The maximum atomic E-state index is 13.5. The molecule has 0 saturated carbocycles. The lowest BCUT2D eigenvalue weighted by Gasteiger charge is -2.24. The normalized spacial score (nSPS) is 17.4. The number of ketones is 1. The van der Waals surface area contributed by atoms with Gasteiger partial charge in [0.05, 0.1) is 5.02 Å². The number of fused-ring (bicyclic) bond motifs is 1. The van der Waals surface area contributed by atoms with Gasteiger partial charge in [0, 0.05) is 11.5 Å². The van der Waals surface area contributed by atoms with Gasteiger partial charge in [-0.25, -0.2) is 4.39 Å². The highest BCUT2D eigenvalue weighted by molar-refractivity contribution is 6.34. The number of hydrogen-bond acceptors (Lipinski definition) is 1. The van der Waals surface area contributed by atoms with Gasteiger partial charge in [0.25, 0.3) is 0 Å². The van der Waals surface area contributed by atoms with E-state index in [9.17, 15) is 9.18 Å². The molecule has 108 valence electrons. The molecule has 21 heavy (non-hydrogen) atoms. The van der Waals surface area contributed by atoms with Crippen LogP contribution in [0, 0.1) is 18.7 Å². The molecule has 0 spiro atoms. The van der Waals surface area contributed by atoms with Gasteiger partial charge in [0.15, 0.2) is 5.78 Å². The van der Waals surface area contributed by atoms with E-state index >= 15 is 0 Å². The smallest absolute Gasteiger partial charge is 0.167 e. The molecule has 3 heteroatoms. The Balaban J connectivity index is 1.89. The lowest BCUT2D eigenvalue weighted by molar-refractivity contribution is 0.0909. The molecule has 2 aromatic carbocycles. The third-order valence-corrected chi connectivity index (χ3v) is 4.54. The lowest BCUT2D eigenvalue weighted by atomic mass is 9.80. The molecule has 1 nitrogen and oxygen atoms in total. The van der Waals surface area contributed by atoms with Crippen molar-refractivity contribution in [3.05, 3.63) is 69.5 Å². The van der Waals surface area contributed by atoms with Crippen molar-refractivity contribution in [3.8, 4) is 0 Å². The van der Waals surface area contributed by atoms with Crippen LogP contribution in [-0.4, -0.2) is 5.78 Å². The van der Waals surface area contributed by atoms with E-state index in [-0.39, 0.29) is 22.5 Å². The van der Waals surface area contributed by atoms with Crippen molar-refractivity contribution in [2.75, 3.05) is 0 Å². The highest BCUT2D eigenvalue weighted by Crippen LogP contribution is 2.30. The number of halogens is 2. The van der Waals surface area contributed by atoms with Crippen molar-refractivity contribution in [2.45, 2.75) is 26.2 Å². The Hall–Kier alpha value is -1.67. The fourth-order valence-corrected chi connectivity index (χ4v) is 3.23. The second-order valence-corrected chi connectivity index (χ2v) is 6.06. The van der Waals surface area contributed by atoms with Gasteiger partial charge in [-0.15, -0.1) is 0 Å². The van der Waals surface area contributed by atoms with E-state index in [1.807, 2.05) is 12.1 Å². The van der Waals surface area contributed by atoms with Gasteiger partial charge in [0.2, 0.25) is 0 Å². The van der Waals surface area contributed by atoms with E-state index in [0.717, 1.165) is 19.3 Å². The summed E-state index contributed by atoms with van der Waals surface area (Å²) in [6.45, 7) is 1.65. The minimum Gasteiger partial charge on any atom is -0.294 e. The average Bonchev–Trinajstić information content (AvgIpc) is 2.50. The summed E-state index contributed by atoms with van der Waals surface area (Å²) in [7, 11) is 0. The van der Waals surface area contributed by atoms with Crippen LogP contribution >= 0.6 is 11.6 Å². The molecule has 0 amide bonds. The standard InChI is InChI=1S/C18H16ClFO/c1-11-8-15(16(19)10-17(11)20)18(21)14-7-6-12-4-2-3-5-13(12)9-14/h2-5,8,10,14H,6-7,9H2,1H3. The highest BCUT2D eigenvalue weighted by atomic mass is 35.5. The average molecular weight is 303 g/mol. The van der Waals surface area contributed by atoms with Crippen molar-refractivity contribution < 1.29 is 9.18 Å². The fraction of sp³-hybridized carbons (Fsp3) is 0.278. The van der Waals surface area contributed by atoms with Crippen LogP contribution in [0.2, 0.25) is 5.02 Å². The summed E-state index contributed by atoms with van der Waals surface area (Å²) >= 11 is 6.05. The predicted molar refractivity (Wildman–Crippen MR) is 82.4 cm³/mol. The molecule has 0 radical (unpaired) electrons. The Morgan fingerprint density at radius 3 is 2.71 bits per heavy atom. The van der Waals surface area contributed by atoms with Crippen molar-refractivity contribution in [3.63, 3.8) is 0 Å². The van der Waals surface area contributed by atoms with E-state index in [4.69, 9.17) is 11.6 Å². The summed E-state index contributed by atoms with van der Waals surface area (Å²) in [5, 5.41) is 0.210. The van der Waals surface area contributed by atoms with E-state index in [2.05, 4.69) is 12.1 Å². The molecule has 0 heterocycles. The number of aryl methyl sites for hydroxylation is 2. The number of rotatable bonds is 2. The molecule has 0 bridgehead atoms. The maximum absolute atomic E-state index is 13.5. The summed E-state index contributed by atoms with van der Waals surface area (Å²) in [6, 6.07) is 11.0. The largest absolute Gasteiger partial charge is 0.294 e. The van der Waals surface area contributed by atoms with Crippen LogP contribution in [0.25, 0.3) is 0 Å². The molecule has 1 unspecified atom stereocenters. The Morgan fingerprint density at radius 2 is 1.95 bits per heavy atom. The number of benzene rings is 2. The Labute approximate surface area is 128 Å². The molecule has 1 atom stereocenters. The summed E-state index contributed by atoms with van der Waals surface area (Å²) in [6.07, 6.45) is 2.47. The maximum Gasteiger partial charge on any atom is 0.167 e. The van der Waals surface area contributed by atoms with E-state index in [1.165, 1.54) is 17.2 Å². The van der Waals surface area contributed by atoms with Crippen molar-refractivity contribution in [2.24, 2.45) is 5.92 Å². The van der Waals surface area contributed by atoms with E-state index in [0.29, 0.717) is 11.1 Å². The molecule has 3 rings (SSSR count). The third kappa shape index (κ3) is 2.73. The van der Waals surface area contributed by atoms with Gasteiger partial charge < -0.3 is 0 Å². The molecule has 2 aromatic rings. The third-order valence-electron chi connectivity index (χ3n) is 4.23. The number of Topliss-reactive ketones (excluding diaryl/α,β-unsaturated/α-hetero) is 1. The number of hydrogen-bond donors (Lipinski definition) is 0. The Kier molecular flexibility index (Phi) is 3.81. The van der Waals surface area contributed by atoms with Gasteiger partial charge in [0.1, 0.15) is 5.82 Å². The van der Waals surface area contributed by atoms with Crippen molar-refractivity contribution in [1.82, 2.24) is 0 Å². The van der Waals surface area contributed by atoms with E-state index < -0.39 is 0 Å². The summed E-state index contributed by atoms with van der Waals surface area (Å²) < 4.78 is 13.5. The summed E-state index contributed by atoms with van der Waals surface area (Å²) in [5.74, 6) is -0.412. The molecule has 0 N–H and O–H groups in total. The Morgan fingerprint density at radius 1 is 1.24 bits per heavy atom. The Bertz CT molecular complexity index is 708. The first-order chi connectivity index (χ1) is 10.1. The quantitative estimate of drug-likeness (QED) is 0.730. The van der Waals surface area contributed by atoms with Crippen LogP contribution in [0.5, 0.6) is 0 Å². The minimum absolute atomic E-state index is 0.0256. The second kappa shape index (κ2) is 5.61. The van der Waals surface area contributed by atoms with Gasteiger partial charge in [-0.1, -0.05) is 35.9 Å². The van der Waals surface area contributed by atoms with Crippen molar-refractivity contribution >= 4 is 17.4 Å². The van der Waals surface area contributed by atoms with Gasteiger partial charge in [-0.2, -0.15) is 0 Å². The zero-order valence-corrected chi connectivity index (χ0v) is 12.6. The molecular formula is C18H16ClFO. The van der Waals surface area contributed by atoms with E-state index in [1.54, 1.807) is 13.0 Å². The van der Waals surface area contributed by atoms with Crippen molar-refractivity contribution in [1.29, 1.82) is 0 Å². The second-order valence-electron chi connectivity index (χ2n) is 5.65. The first-order valence-electron chi connectivity index (χ1n) is 7.13. The van der Waals surface area contributed by atoms with Gasteiger partial charge in [-0.05, 0) is 55.0 Å². The molecular weight excluding hydrogens is 287 g/mol. The van der Waals surface area contributed by atoms with Crippen LogP contribution in [0.4, 0.5) is 4.39 Å². The van der Waals surface area contributed by atoms with Crippen LogP contribution in [0.3, 0.4) is 0 Å². The SMILES string of the molecule is Cc1cc(C(=O)C2CCc3ccccc3C2)c(Cl)cc1F. The number of carbonyl (C=O) groups is 1. The monoisotopic (exact) mass is 302 g/mol. The molecule has 1 aliphatic carbocycles. The first-order valence-corrected chi connectivity index (χ1v) is 7.50. The zero-order valence-electron chi connectivity index (χ0n) is 11.8. The van der Waals surface area contributed by atoms with Gasteiger partial charge in [-0.3, -0.25) is 4.79 Å². The molecule has 0 aliphatic heterocycles. The summed E-state index contributed by atoms with van der Waals surface area (Å²) in [5.41, 5.74) is 3.46.